The summed E-state index contributed by atoms with van der Waals surface area (Å²) in [6, 6.07) is 0. The summed E-state index contributed by atoms with van der Waals surface area (Å²) in [5.41, 5.74) is 0.981. The van der Waals surface area contributed by atoms with E-state index in [1.54, 1.807) is 0 Å². The van der Waals surface area contributed by atoms with Crippen molar-refractivity contribution < 1.29 is 4.79 Å². The molecule has 0 saturated heterocycles. The molecule has 0 radical (unpaired) electrons. The second-order valence-electron chi connectivity index (χ2n) is 3.36. The van der Waals surface area contributed by atoms with E-state index < -0.39 is 0 Å². The van der Waals surface area contributed by atoms with Crippen LogP contribution in [0.15, 0.2) is 11.6 Å². The number of hydrogen-bond donors (Lipinski definition) is 0. The standard InChI is InChI=1S/C10H16O/c1-3-4-9-5-6-10(11)8(2)7-9/h7,9H,3-6H2,1-2H3. The zero-order valence-corrected chi connectivity index (χ0v) is 7.39. The van der Waals surface area contributed by atoms with Gasteiger partial charge in [0.15, 0.2) is 5.78 Å². The Morgan fingerprint density at radius 2 is 2.36 bits per heavy atom. The molecule has 0 aromatic rings. The fraction of sp³-hybridized carbons (Fsp3) is 0.700. The molecule has 0 saturated carbocycles. The van der Waals surface area contributed by atoms with Crippen LogP contribution < -0.4 is 0 Å². The van der Waals surface area contributed by atoms with Crippen molar-refractivity contribution in [2.24, 2.45) is 5.92 Å². The fourth-order valence-corrected chi connectivity index (χ4v) is 1.64. The van der Waals surface area contributed by atoms with Gasteiger partial charge in [0.2, 0.25) is 0 Å². The lowest BCUT2D eigenvalue weighted by atomic mass is 9.88. The largest absolute Gasteiger partial charge is 0.295 e. The average Bonchev–Trinajstić information content (AvgIpc) is 1.98. The molecule has 1 atom stereocenters. The van der Waals surface area contributed by atoms with Gasteiger partial charge in [0.25, 0.3) is 0 Å². The molecular weight excluding hydrogens is 136 g/mol. The van der Waals surface area contributed by atoms with Crippen LogP contribution in [0.5, 0.6) is 0 Å². The summed E-state index contributed by atoms with van der Waals surface area (Å²) in [5.74, 6) is 1.02. The zero-order chi connectivity index (χ0) is 8.27. The summed E-state index contributed by atoms with van der Waals surface area (Å²) in [6.07, 6.45) is 6.46. The van der Waals surface area contributed by atoms with Crippen LogP contribution in [0.3, 0.4) is 0 Å². The molecule has 1 heteroatoms. The third kappa shape index (κ3) is 2.18. The van der Waals surface area contributed by atoms with Crippen LogP contribution in [0.25, 0.3) is 0 Å². The molecule has 0 fully saturated rings. The minimum absolute atomic E-state index is 0.345. The molecule has 0 aromatic heterocycles. The molecule has 62 valence electrons. The first-order chi connectivity index (χ1) is 5.24. The van der Waals surface area contributed by atoms with Crippen LogP contribution in [-0.2, 0) is 4.79 Å². The first-order valence-corrected chi connectivity index (χ1v) is 4.45. The quantitative estimate of drug-likeness (QED) is 0.594. The second kappa shape index (κ2) is 3.70. The molecule has 1 rings (SSSR count). The summed E-state index contributed by atoms with van der Waals surface area (Å²) in [7, 11) is 0. The van der Waals surface area contributed by atoms with E-state index in [2.05, 4.69) is 13.0 Å². The Hall–Kier alpha value is -0.590. The highest BCUT2D eigenvalue weighted by atomic mass is 16.1. The minimum atomic E-state index is 0.345. The van der Waals surface area contributed by atoms with Gasteiger partial charge in [-0.2, -0.15) is 0 Å². The third-order valence-corrected chi connectivity index (χ3v) is 2.33. The molecule has 0 aromatic carbocycles. The molecule has 0 amide bonds. The number of carbonyl (C=O) groups is 1. The Bertz CT molecular complexity index is 179. The predicted octanol–water partition coefficient (Wildman–Crippen LogP) is 2.71. The van der Waals surface area contributed by atoms with Gasteiger partial charge < -0.3 is 0 Å². The van der Waals surface area contributed by atoms with E-state index in [0.29, 0.717) is 11.7 Å². The number of rotatable bonds is 2. The average molecular weight is 152 g/mol. The normalized spacial score (nSPS) is 25.1. The smallest absolute Gasteiger partial charge is 0.158 e. The highest BCUT2D eigenvalue weighted by Gasteiger charge is 2.16. The van der Waals surface area contributed by atoms with Gasteiger partial charge >= 0.3 is 0 Å². The zero-order valence-electron chi connectivity index (χ0n) is 7.39. The van der Waals surface area contributed by atoms with E-state index in [4.69, 9.17) is 0 Å². The number of hydrogen-bond acceptors (Lipinski definition) is 1. The summed E-state index contributed by atoms with van der Waals surface area (Å²) in [6.45, 7) is 4.13. The maximum absolute atomic E-state index is 11.1. The molecular formula is C10H16O. The van der Waals surface area contributed by atoms with Crippen LogP contribution in [-0.4, -0.2) is 5.78 Å². The first-order valence-electron chi connectivity index (χ1n) is 4.45. The van der Waals surface area contributed by atoms with E-state index in [9.17, 15) is 4.79 Å². The lowest BCUT2D eigenvalue weighted by Gasteiger charge is -2.17. The van der Waals surface area contributed by atoms with Gasteiger partial charge in [0.1, 0.15) is 0 Å². The van der Waals surface area contributed by atoms with Crippen molar-refractivity contribution >= 4 is 5.78 Å². The van der Waals surface area contributed by atoms with E-state index in [-0.39, 0.29) is 0 Å². The summed E-state index contributed by atoms with van der Waals surface area (Å²) in [4.78, 5) is 11.1. The Morgan fingerprint density at radius 1 is 1.64 bits per heavy atom. The fourth-order valence-electron chi connectivity index (χ4n) is 1.64. The van der Waals surface area contributed by atoms with Crippen molar-refractivity contribution in [1.29, 1.82) is 0 Å². The molecule has 0 N–H and O–H groups in total. The highest BCUT2D eigenvalue weighted by molar-refractivity contribution is 5.95. The Labute approximate surface area is 68.5 Å². The molecule has 1 unspecified atom stereocenters. The SMILES string of the molecule is CCCC1C=C(C)C(=O)CC1. The van der Waals surface area contributed by atoms with E-state index >= 15 is 0 Å². The molecule has 0 spiro atoms. The van der Waals surface area contributed by atoms with Gasteiger partial charge in [0.05, 0.1) is 0 Å². The lowest BCUT2D eigenvalue weighted by Crippen LogP contribution is -2.11. The first kappa shape index (κ1) is 8.51. The van der Waals surface area contributed by atoms with Gasteiger partial charge in [0, 0.05) is 6.42 Å². The van der Waals surface area contributed by atoms with Crippen LogP contribution in [0.4, 0.5) is 0 Å². The monoisotopic (exact) mass is 152 g/mol. The van der Waals surface area contributed by atoms with Gasteiger partial charge in [-0.05, 0) is 31.3 Å². The molecule has 1 nitrogen and oxygen atoms in total. The molecule has 0 bridgehead atoms. The van der Waals surface area contributed by atoms with Crippen molar-refractivity contribution in [2.45, 2.75) is 39.5 Å². The summed E-state index contributed by atoms with van der Waals surface area (Å²) in [5, 5.41) is 0. The molecule has 11 heavy (non-hydrogen) atoms. The lowest BCUT2D eigenvalue weighted by molar-refractivity contribution is -0.116. The van der Waals surface area contributed by atoms with Gasteiger partial charge in [-0.25, -0.2) is 0 Å². The van der Waals surface area contributed by atoms with Gasteiger partial charge in [-0.1, -0.05) is 19.4 Å². The number of carbonyl (C=O) groups excluding carboxylic acids is 1. The Balaban J connectivity index is 2.54. The molecule has 0 heterocycles. The number of ketones is 1. The van der Waals surface area contributed by atoms with Crippen molar-refractivity contribution in [1.82, 2.24) is 0 Å². The van der Waals surface area contributed by atoms with Gasteiger partial charge in [-0.15, -0.1) is 0 Å². The maximum atomic E-state index is 11.1. The van der Waals surface area contributed by atoms with E-state index in [1.807, 2.05) is 6.92 Å². The van der Waals surface area contributed by atoms with Crippen LogP contribution in [0.2, 0.25) is 0 Å². The van der Waals surface area contributed by atoms with Gasteiger partial charge in [-0.3, -0.25) is 4.79 Å². The highest BCUT2D eigenvalue weighted by Crippen LogP contribution is 2.23. The number of allylic oxidation sites excluding steroid dienone is 2. The van der Waals surface area contributed by atoms with Crippen LogP contribution in [0.1, 0.15) is 39.5 Å². The Kier molecular flexibility index (Phi) is 2.86. The van der Waals surface area contributed by atoms with Crippen LogP contribution in [0, 0.1) is 5.92 Å². The second-order valence-corrected chi connectivity index (χ2v) is 3.36. The molecule has 1 aliphatic rings. The van der Waals surface area contributed by atoms with Crippen molar-refractivity contribution in [3.05, 3.63) is 11.6 Å². The van der Waals surface area contributed by atoms with E-state index in [0.717, 1.165) is 18.4 Å². The maximum Gasteiger partial charge on any atom is 0.158 e. The Morgan fingerprint density at radius 3 is 2.91 bits per heavy atom. The number of Topliss-reactive ketones (excluding diaryl/α,β-unsaturated/α-hetero) is 1. The van der Waals surface area contributed by atoms with Crippen LogP contribution >= 0.6 is 0 Å². The molecule has 0 aliphatic heterocycles. The summed E-state index contributed by atoms with van der Waals surface area (Å²) < 4.78 is 0. The molecule has 1 aliphatic carbocycles. The van der Waals surface area contributed by atoms with E-state index in [1.165, 1.54) is 12.8 Å². The summed E-state index contributed by atoms with van der Waals surface area (Å²) >= 11 is 0. The van der Waals surface area contributed by atoms with Crippen molar-refractivity contribution in [3.8, 4) is 0 Å². The topological polar surface area (TPSA) is 17.1 Å². The third-order valence-electron chi connectivity index (χ3n) is 2.33. The predicted molar refractivity (Wildman–Crippen MR) is 46.4 cm³/mol. The van der Waals surface area contributed by atoms with Crippen molar-refractivity contribution in [2.75, 3.05) is 0 Å². The minimum Gasteiger partial charge on any atom is -0.295 e. The van der Waals surface area contributed by atoms with Crippen molar-refractivity contribution in [3.63, 3.8) is 0 Å².